The Labute approximate surface area is 161 Å². The predicted molar refractivity (Wildman–Crippen MR) is 111 cm³/mol. The fourth-order valence-corrected chi connectivity index (χ4v) is 3.39. The first-order valence-corrected chi connectivity index (χ1v) is 10.0. The van der Waals surface area contributed by atoms with E-state index in [1.807, 2.05) is 13.0 Å². The van der Waals surface area contributed by atoms with Gasteiger partial charge in [-0.05, 0) is 37.0 Å². The molecule has 1 aromatic heterocycles. The Hall–Kier alpha value is -2.62. The van der Waals surface area contributed by atoms with Gasteiger partial charge in [0.15, 0.2) is 0 Å². The maximum absolute atomic E-state index is 11.5. The largest absolute Gasteiger partial charge is 0.356 e. The van der Waals surface area contributed by atoms with Crippen LogP contribution in [0.15, 0.2) is 54.6 Å². The highest BCUT2D eigenvalue weighted by Crippen LogP contribution is 2.19. The summed E-state index contributed by atoms with van der Waals surface area (Å²) < 4.78 is 2.34. The summed E-state index contributed by atoms with van der Waals surface area (Å²) in [7, 11) is 0. The first-order chi connectivity index (χ1) is 13.3. The summed E-state index contributed by atoms with van der Waals surface area (Å²) in [6, 6.07) is 18.9. The van der Waals surface area contributed by atoms with Crippen molar-refractivity contribution in [2.24, 2.45) is 0 Å². The number of carbonyl (C=O) groups excluding carboxylic acids is 1. The number of imidazole rings is 1. The first-order valence-electron chi connectivity index (χ1n) is 10.0. The van der Waals surface area contributed by atoms with Crippen LogP contribution in [0.4, 0.5) is 0 Å². The molecule has 1 amide bonds. The summed E-state index contributed by atoms with van der Waals surface area (Å²) in [5.74, 6) is 1.32. The number of amides is 1. The lowest BCUT2D eigenvalue weighted by Gasteiger charge is -2.10. The van der Waals surface area contributed by atoms with E-state index in [0.717, 1.165) is 56.5 Å². The minimum Gasteiger partial charge on any atom is -0.356 e. The molecule has 27 heavy (non-hydrogen) atoms. The topological polar surface area (TPSA) is 46.9 Å². The van der Waals surface area contributed by atoms with E-state index >= 15 is 0 Å². The molecule has 0 saturated heterocycles. The van der Waals surface area contributed by atoms with Gasteiger partial charge in [0.2, 0.25) is 5.91 Å². The van der Waals surface area contributed by atoms with Gasteiger partial charge in [0.1, 0.15) is 5.82 Å². The summed E-state index contributed by atoms with van der Waals surface area (Å²) in [5.41, 5.74) is 3.55. The molecule has 0 atom stereocenters. The van der Waals surface area contributed by atoms with Crippen molar-refractivity contribution >= 4 is 16.9 Å². The van der Waals surface area contributed by atoms with Gasteiger partial charge in [-0.2, -0.15) is 0 Å². The molecule has 142 valence electrons. The van der Waals surface area contributed by atoms with Crippen molar-refractivity contribution in [2.45, 2.75) is 52.0 Å². The zero-order valence-corrected chi connectivity index (χ0v) is 16.2. The molecule has 0 saturated carbocycles. The molecular weight excluding hydrogens is 334 g/mol. The number of hydrogen-bond acceptors (Lipinski definition) is 2. The highest BCUT2D eigenvalue weighted by atomic mass is 16.1. The number of fused-ring (bicyclic) bond motifs is 1. The molecule has 0 aliphatic heterocycles. The Morgan fingerprint density at radius 3 is 2.59 bits per heavy atom. The third kappa shape index (κ3) is 5.43. The number of rotatable bonds is 10. The number of para-hydroxylation sites is 2. The number of nitrogens with zero attached hydrogens (tertiary/aromatic N) is 2. The maximum atomic E-state index is 11.5. The van der Waals surface area contributed by atoms with Crippen LogP contribution in [0, 0.1) is 0 Å². The molecule has 1 heterocycles. The Morgan fingerprint density at radius 1 is 1.00 bits per heavy atom. The first kappa shape index (κ1) is 19.2. The van der Waals surface area contributed by atoms with Gasteiger partial charge in [-0.25, -0.2) is 4.98 Å². The molecule has 3 rings (SSSR count). The molecule has 1 N–H and O–H groups in total. The smallest absolute Gasteiger partial charge is 0.219 e. The number of aromatic nitrogens is 2. The van der Waals surface area contributed by atoms with Crippen molar-refractivity contribution in [3.8, 4) is 0 Å². The number of benzene rings is 2. The van der Waals surface area contributed by atoms with E-state index in [-0.39, 0.29) is 5.91 Å². The molecule has 0 bridgehead atoms. The van der Waals surface area contributed by atoms with E-state index in [4.69, 9.17) is 4.98 Å². The van der Waals surface area contributed by atoms with Crippen LogP contribution in [0.2, 0.25) is 0 Å². The number of unbranched alkanes of at least 4 members (excludes halogenated alkanes) is 2. The lowest BCUT2D eigenvalue weighted by Crippen LogP contribution is -2.23. The van der Waals surface area contributed by atoms with Crippen molar-refractivity contribution in [3.63, 3.8) is 0 Å². The van der Waals surface area contributed by atoms with Crippen LogP contribution in [0.25, 0.3) is 11.0 Å². The highest BCUT2D eigenvalue weighted by Gasteiger charge is 2.10. The SMILES string of the molecule is CCCC(=O)NCCCCCc1nc2ccccc2n1Cc1ccccc1. The average Bonchev–Trinajstić information content (AvgIpc) is 3.03. The van der Waals surface area contributed by atoms with E-state index in [1.165, 1.54) is 11.1 Å². The van der Waals surface area contributed by atoms with Gasteiger partial charge in [0.25, 0.3) is 0 Å². The van der Waals surface area contributed by atoms with Crippen molar-refractivity contribution in [1.29, 1.82) is 0 Å². The van der Waals surface area contributed by atoms with Gasteiger partial charge in [0, 0.05) is 25.9 Å². The Bertz CT molecular complexity index is 854. The molecule has 0 aliphatic rings. The number of carbonyl (C=O) groups is 1. The molecule has 0 aliphatic carbocycles. The van der Waals surface area contributed by atoms with Crippen LogP contribution in [0.3, 0.4) is 0 Å². The van der Waals surface area contributed by atoms with E-state index in [1.54, 1.807) is 0 Å². The molecule has 4 nitrogen and oxygen atoms in total. The molecule has 4 heteroatoms. The van der Waals surface area contributed by atoms with Crippen LogP contribution in [-0.4, -0.2) is 22.0 Å². The summed E-state index contributed by atoms with van der Waals surface area (Å²) in [4.78, 5) is 16.4. The fourth-order valence-electron chi connectivity index (χ4n) is 3.39. The summed E-state index contributed by atoms with van der Waals surface area (Å²) in [6.45, 7) is 3.66. The molecule has 0 radical (unpaired) electrons. The van der Waals surface area contributed by atoms with Crippen molar-refractivity contribution in [1.82, 2.24) is 14.9 Å². The van der Waals surface area contributed by atoms with E-state index in [9.17, 15) is 4.79 Å². The minimum absolute atomic E-state index is 0.169. The van der Waals surface area contributed by atoms with Crippen LogP contribution < -0.4 is 5.32 Å². The van der Waals surface area contributed by atoms with Gasteiger partial charge < -0.3 is 9.88 Å². The third-order valence-corrected chi connectivity index (χ3v) is 4.79. The summed E-state index contributed by atoms with van der Waals surface area (Å²) in [6.07, 6.45) is 5.70. The van der Waals surface area contributed by atoms with E-state index in [2.05, 4.69) is 58.4 Å². The second-order valence-electron chi connectivity index (χ2n) is 7.00. The Kier molecular flexibility index (Phi) is 7.03. The summed E-state index contributed by atoms with van der Waals surface area (Å²) >= 11 is 0. The van der Waals surface area contributed by atoms with Crippen LogP contribution in [0.1, 0.15) is 50.4 Å². The van der Waals surface area contributed by atoms with Crippen molar-refractivity contribution in [3.05, 3.63) is 66.0 Å². The van der Waals surface area contributed by atoms with Gasteiger partial charge in [-0.3, -0.25) is 4.79 Å². The zero-order valence-electron chi connectivity index (χ0n) is 16.2. The van der Waals surface area contributed by atoms with E-state index < -0.39 is 0 Å². The molecule has 2 aromatic carbocycles. The molecule has 0 spiro atoms. The lowest BCUT2D eigenvalue weighted by molar-refractivity contribution is -0.121. The van der Waals surface area contributed by atoms with Crippen molar-refractivity contribution in [2.75, 3.05) is 6.54 Å². The normalized spacial score (nSPS) is 11.0. The second kappa shape index (κ2) is 9.91. The zero-order chi connectivity index (χ0) is 18.9. The van der Waals surface area contributed by atoms with Crippen LogP contribution in [0.5, 0.6) is 0 Å². The van der Waals surface area contributed by atoms with Gasteiger partial charge in [-0.15, -0.1) is 0 Å². The summed E-state index contributed by atoms with van der Waals surface area (Å²) in [5, 5.41) is 2.99. The quantitative estimate of drug-likeness (QED) is 0.530. The van der Waals surface area contributed by atoms with Crippen LogP contribution >= 0.6 is 0 Å². The number of aryl methyl sites for hydroxylation is 1. The molecule has 0 unspecified atom stereocenters. The van der Waals surface area contributed by atoms with Gasteiger partial charge >= 0.3 is 0 Å². The second-order valence-corrected chi connectivity index (χ2v) is 7.00. The third-order valence-electron chi connectivity index (χ3n) is 4.79. The van der Waals surface area contributed by atoms with E-state index in [0.29, 0.717) is 6.42 Å². The minimum atomic E-state index is 0.169. The van der Waals surface area contributed by atoms with Gasteiger partial charge in [-0.1, -0.05) is 55.8 Å². The highest BCUT2D eigenvalue weighted by molar-refractivity contribution is 5.76. The predicted octanol–water partition coefficient (Wildman–Crippen LogP) is 4.71. The average molecular weight is 364 g/mol. The van der Waals surface area contributed by atoms with Crippen LogP contribution in [-0.2, 0) is 17.8 Å². The Balaban J connectivity index is 1.59. The molecular formula is C23H29N3O. The Morgan fingerprint density at radius 2 is 1.78 bits per heavy atom. The lowest BCUT2D eigenvalue weighted by atomic mass is 10.1. The number of hydrogen-bond donors (Lipinski definition) is 1. The molecule has 0 fully saturated rings. The van der Waals surface area contributed by atoms with Gasteiger partial charge in [0.05, 0.1) is 11.0 Å². The maximum Gasteiger partial charge on any atom is 0.219 e. The molecule has 3 aromatic rings. The monoisotopic (exact) mass is 363 g/mol. The number of nitrogens with one attached hydrogen (secondary N) is 1. The fraction of sp³-hybridized carbons (Fsp3) is 0.391. The van der Waals surface area contributed by atoms with Crippen molar-refractivity contribution < 1.29 is 4.79 Å². The standard InChI is InChI=1S/C23H29N3O/c1-2-11-23(27)24-17-10-4-7-16-22-25-20-14-8-9-15-21(20)26(22)18-19-12-5-3-6-13-19/h3,5-6,8-9,12-15H,2,4,7,10-11,16-18H2,1H3,(H,24,27).